The van der Waals surface area contributed by atoms with E-state index in [1.807, 2.05) is 0 Å². The third-order valence-electron chi connectivity index (χ3n) is 6.95. The third-order valence-corrected chi connectivity index (χ3v) is 8.53. The zero-order chi connectivity index (χ0) is 22.0. The summed E-state index contributed by atoms with van der Waals surface area (Å²) in [6, 6.07) is 7.07. The number of nitrogens with zero attached hydrogens (tertiary/aromatic N) is 3. The molecule has 0 spiro atoms. The molecule has 4 aliphatic rings. The number of hydrogen-bond acceptors (Lipinski definition) is 6. The fourth-order valence-corrected chi connectivity index (χ4v) is 6.55. The van der Waals surface area contributed by atoms with Gasteiger partial charge in [0.1, 0.15) is 12.4 Å². The van der Waals surface area contributed by atoms with Gasteiger partial charge in [0, 0.05) is 24.8 Å². The standard InChI is InChI=1S/C24H24N4O3S/c1-28-13-16-8-9-17(11-20(16)23(28)29)32(30,31)24-25-12-21(27-24)26-22-18-6-2-4-14(18)10-15-5-3-7-19(15)22/h8-11H,2-7,12-13H2,1H3,(H,25,26,27). The summed E-state index contributed by atoms with van der Waals surface area (Å²) in [4.78, 5) is 22.6. The molecule has 2 aliphatic carbocycles. The topological polar surface area (TPSA) is 91.2 Å². The molecule has 32 heavy (non-hydrogen) atoms. The number of amides is 1. The number of benzene rings is 2. The van der Waals surface area contributed by atoms with Crippen molar-refractivity contribution in [2.24, 2.45) is 9.98 Å². The zero-order valence-corrected chi connectivity index (χ0v) is 18.8. The molecule has 0 radical (unpaired) electrons. The number of carbonyl (C=O) groups excluding carboxylic acids is 1. The van der Waals surface area contributed by atoms with Crippen LogP contribution in [0, 0.1) is 0 Å². The van der Waals surface area contributed by atoms with Gasteiger partial charge in [0.2, 0.25) is 15.0 Å². The molecule has 7 nitrogen and oxygen atoms in total. The maximum absolute atomic E-state index is 13.2. The number of hydrogen-bond donors (Lipinski definition) is 1. The number of sulfone groups is 1. The van der Waals surface area contributed by atoms with Crippen LogP contribution in [0.25, 0.3) is 0 Å². The molecule has 0 atom stereocenters. The van der Waals surface area contributed by atoms with Crippen molar-refractivity contribution < 1.29 is 13.2 Å². The van der Waals surface area contributed by atoms with Crippen LogP contribution in [0.4, 0.5) is 5.69 Å². The van der Waals surface area contributed by atoms with Crippen LogP contribution in [-0.4, -0.2) is 43.8 Å². The van der Waals surface area contributed by atoms with Crippen LogP contribution >= 0.6 is 0 Å². The Morgan fingerprint density at radius 3 is 2.41 bits per heavy atom. The summed E-state index contributed by atoms with van der Waals surface area (Å²) in [6.45, 7) is 0.701. The molecule has 2 aromatic carbocycles. The largest absolute Gasteiger partial charge is 0.342 e. The predicted octanol–water partition coefficient (Wildman–Crippen LogP) is 2.90. The Bertz CT molecular complexity index is 1330. The normalized spacial score (nSPS) is 19.0. The maximum Gasteiger partial charge on any atom is 0.254 e. The molecule has 6 rings (SSSR count). The average Bonchev–Trinajstić information content (AvgIpc) is 3.56. The number of nitrogens with one attached hydrogen (secondary N) is 1. The molecule has 0 bridgehead atoms. The van der Waals surface area contributed by atoms with Crippen molar-refractivity contribution in [1.29, 1.82) is 0 Å². The summed E-state index contributed by atoms with van der Waals surface area (Å²) in [5, 5.41) is 3.27. The molecule has 0 aromatic heterocycles. The molecule has 0 saturated heterocycles. The Kier molecular flexibility index (Phi) is 4.30. The van der Waals surface area contributed by atoms with E-state index in [4.69, 9.17) is 0 Å². The SMILES string of the molecule is CN1Cc2ccc(S(=O)(=O)C3=NCC(Nc4c5c(cc6c4CCC6)CCC5)=N3)cc2C1=O. The minimum absolute atomic E-state index is 0.0603. The van der Waals surface area contributed by atoms with Gasteiger partial charge in [-0.25, -0.2) is 18.4 Å². The van der Waals surface area contributed by atoms with Crippen molar-refractivity contribution in [3.63, 3.8) is 0 Å². The van der Waals surface area contributed by atoms with Crippen molar-refractivity contribution in [2.45, 2.75) is 50.0 Å². The summed E-state index contributed by atoms with van der Waals surface area (Å²) in [7, 11) is -2.19. The van der Waals surface area contributed by atoms with Gasteiger partial charge in [-0.3, -0.25) is 4.79 Å². The van der Waals surface area contributed by atoms with E-state index in [0.29, 0.717) is 17.9 Å². The average molecular weight is 449 g/mol. The van der Waals surface area contributed by atoms with Crippen LogP contribution in [0.3, 0.4) is 0 Å². The maximum atomic E-state index is 13.2. The second kappa shape index (κ2) is 7.00. The minimum atomic E-state index is -3.90. The lowest BCUT2D eigenvalue weighted by atomic mass is 9.98. The van der Waals surface area contributed by atoms with Crippen LogP contribution < -0.4 is 5.32 Å². The van der Waals surface area contributed by atoms with Gasteiger partial charge in [-0.05, 0) is 78.5 Å². The number of anilines is 1. The van der Waals surface area contributed by atoms with E-state index < -0.39 is 9.84 Å². The summed E-state index contributed by atoms with van der Waals surface area (Å²) >= 11 is 0. The van der Waals surface area contributed by atoms with E-state index in [9.17, 15) is 13.2 Å². The highest BCUT2D eigenvalue weighted by Crippen LogP contribution is 2.38. The van der Waals surface area contributed by atoms with Crippen LogP contribution in [0.2, 0.25) is 0 Å². The van der Waals surface area contributed by atoms with E-state index in [2.05, 4.69) is 21.4 Å². The number of aryl methyl sites for hydroxylation is 2. The van der Waals surface area contributed by atoms with Gasteiger partial charge in [-0.15, -0.1) is 0 Å². The molecular formula is C24H24N4O3S. The molecule has 2 aliphatic heterocycles. The minimum Gasteiger partial charge on any atom is -0.342 e. The van der Waals surface area contributed by atoms with Gasteiger partial charge in [-0.2, -0.15) is 0 Å². The molecule has 2 aromatic rings. The lowest BCUT2D eigenvalue weighted by molar-refractivity contribution is 0.0816. The quantitative estimate of drug-likeness (QED) is 0.765. The molecule has 0 fully saturated rings. The van der Waals surface area contributed by atoms with Crippen molar-refractivity contribution in [3.05, 3.63) is 57.6 Å². The van der Waals surface area contributed by atoms with E-state index in [0.717, 1.165) is 49.8 Å². The summed E-state index contributed by atoms with van der Waals surface area (Å²) in [6.07, 6.45) is 6.60. The van der Waals surface area contributed by atoms with Crippen molar-refractivity contribution in [3.8, 4) is 0 Å². The Hall–Kier alpha value is -3.00. The molecule has 1 N–H and O–H groups in total. The zero-order valence-electron chi connectivity index (χ0n) is 17.9. The number of aliphatic imine (C=N–C) groups is 2. The van der Waals surface area contributed by atoms with Gasteiger partial charge in [-0.1, -0.05) is 12.1 Å². The monoisotopic (exact) mass is 448 g/mol. The van der Waals surface area contributed by atoms with Crippen molar-refractivity contribution >= 4 is 32.4 Å². The number of rotatable bonds is 2. The van der Waals surface area contributed by atoms with Crippen molar-refractivity contribution in [1.82, 2.24) is 4.90 Å². The van der Waals surface area contributed by atoms with Crippen LogP contribution in [0.5, 0.6) is 0 Å². The molecule has 1 amide bonds. The highest BCUT2D eigenvalue weighted by Gasteiger charge is 2.31. The second-order valence-electron chi connectivity index (χ2n) is 9.00. The smallest absolute Gasteiger partial charge is 0.254 e. The van der Waals surface area contributed by atoms with E-state index >= 15 is 0 Å². The Morgan fingerprint density at radius 2 is 1.69 bits per heavy atom. The first kappa shape index (κ1) is 19.7. The molecular weight excluding hydrogens is 424 g/mol. The second-order valence-corrected chi connectivity index (χ2v) is 10.8. The van der Waals surface area contributed by atoms with E-state index in [-0.39, 0.29) is 22.5 Å². The van der Waals surface area contributed by atoms with Gasteiger partial charge in [0.05, 0.1) is 4.90 Å². The predicted molar refractivity (Wildman–Crippen MR) is 123 cm³/mol. The summed E-state index contributed by atoms with van der Waals surface area (Å²) < 4.78 is 26.4. The van der Waals surface area contributed by atoms with Gasteiger partial charge >= 0.3 is 0 Å². The highest BCUT2D eigenvalue weighted by atomic mass is 32.2. The van der Waals surface area contributed by atoms with Gasteiger partial charge < -0.3 is 10.2 Å². The number of amidine groups is 2. The third kappa shape index (κ3) is 2.92. The Morgan fingerprint density at radius 1 is 0.969 bits per heavy atom. The molecule has 0 saturated carbocycles. The molecule has 164 valence electrons. The Balaban J connectivity index is 1.31. The summed E-state index contributed by atoms with van der Waals surface area (Å²) in [5.41, 5.74) is 7.93. The highest BCUT2D eigenvalue weighted by molar-refractivity contribution is 8.06. The number of fused-ring (bicyclic) bond motifs is 3. The summed E-state index contributed by atoms with van der Waals surface area (Å²) in [5.74, 6) is 0.401. The van der Waals surface area contributed by atoms with Crippen LogP contribution in [-0.2, 0) is 42.1 Å². The van der Waals surface area contributed by atoms with E-state index in [1.54, 1.807) is 24.1 Å². The van der Waals surface area contributed by atoms with Gasteiger partial charge in [0.15, 0.2) is 0 Å². The fraction of sp³-hybridized carbons (Fsp3) is 0.375. The number of carbonyl (C=O) groups is 1. The first-order valence-corrected chi connectivity index (χ1v) is 12.6. The molecule has 2 heterocycles. The Labute approximate surface area is 187 Å². The van der Waals surface area contributed by atoms with Crippen LogP contribution in [0.1, 0.15) is 51.0 Å². The molecule has 8 heteroatoms. The first-order valence-electron chi connectivity index (χ1n) is 11.1. The first-order chi connectivity index (χ1) is 15.4. The molecule has 0 unspecified atom stereocenters. The van der Waals surface area contributed by atoms with Crippen LogP contribution in [0.15, 0.2) is 39.1 Å². The fourth-order valence-electron chi connectivity index (χ4n) is 5.35. The lowest BCUT2D eigenvalue weighted by Crippen LogP contribution is -2.18. The van der Waals surface area contributed by atoms with Gasteiger partial charge in [0.25, 0.3) is 5.91 Å². The van der Waals surface area contributed by atoms with Crippen molar-refractivity contribution in [2.75, 3.05) is 18.9 Å². The lowest BCUT2D eigenvalue weighted by Gasteiger charge is -2.16. The van der Waals surface area contributed by atoms with E-state index in [1.165, 1.54) is 28.3 Å².